The lowest BCUT2D eigenvalue weighted by atomic mass is 9.91. The van der Waals surface area contributed by atoms with Crippen LogP contribution in [0.25, 0.3) is 0 Å². The van der Waals surface area contributed by atoms with Crippen LogP contribution in [0, 0.1) is 5.92 Å². The van der Waals surface area contributed by atoms with Gasteiger partial charge in [-0.1, -0.05) is 44.5 Å². The molecule has 1 aromatic rings. The molecule has 0 saturated carbocycles. The van der Waals surface area contributed by atoms with E-state index in [2.05, 4.69) is 11.4 Å². The molecule has 1 unspecified atom stereocenters. The predicted octanol–water partition coefficient (Wildman–Crippen LogP) is 2.32. The number of hydrogen-bond acceptors (Lipinski definition) is 3. The molecular formula is C20H27N3O3. The van der Waals surface area contributed by atoms with Crippen LogP contribution in [0.2, 0.25) is 0 Å². The van der Waals surface area contributed by atoms with E-state index in [1.54, 1.807) is 4.90 Å². The van der Waals surface area contributed by atoms with E-state index < -0.39 is 0 Å². The molecule has 26 heavy (non-hydrogen) atoms. The van der Waals surface area contributed by atoms with E-state index >= 15 is 0 Å². The molecular weight excluding hydrogens is 330 g/mol. The number of urea groups is 1. The van der Waals surface area contributed by atoms with Crippen LogP contribution in [0.15, 0.2) is 24.3 Å². The van der Waals surface area contributed by atoms with Gasteiger partial charge in [0.05, 0.1) is 0 Å². The number of nitrogens with one attached hydrogen (secondary N) is 1. The molecule has 2 heterocycles. The molecule has 4 amide bonds. The Morgan fingerprint density at radius 1 is 1.23 bits per heavy atom. The molecule has 1 fully saturated rings. The van der Waals surface area contributed by atoms with E-state index in [9.17, 15) is 14.4 Å². The van der Waals surface area contributed by atoms with Crippen molar-refractivity contribution in [1.29, 1.82) is 0 Å². The monoisotopic (exact) mass is 357 g/mol. The van der Waals surface area contributed by atoms with Gasteiger partial charge in [0.2, 0.25) is 11.8 Å². The average molecular weight is 357 g/mol. The Bertz CT molecular complexity index is 703. The number of benzene rings is 1. The van der Waals surface area contributed by atoms with Gasteiger partial charge >= 0.3 is 6.03 Å². The summed E-state index contributed by atoms with van der Waals surface area (Å²) in [6.45, 7) is 5.02. The van der Waals surface area contributed by atoms with E-state index in [-0.39, 0.29) is 36.3 Å². The Morgan fingerprint density at radius 2 is 1.96 bits per heavy atom. The number of carbonyl (C=O) groups is 3. The Kier molecular flexibility index (Phi) is 5.59. The minimum absolute atomic E-state index is 0.0199. The lowest BCUT2D eigenvalue weighted by Gasteiger charge is -2.43. The Labute approximate surface area is 154 Å². The van der Waals surface area contributed by atoms with Crippen LogP contribution >= 0.6 is 0 Å². The van der Waals surface area contributed by atoms with Gasteiger partial charge in [-0.3, -0.25) is 14.5 Å². The highest BCUT2D eigenvalue weighted by Crippen LogP contribution is 2.29. The average Bonchev–Trinajstić information content (AvgIpc) is 2.63. The third kappa shape index (κ3) is 3.74. The minimum Gasteiger partial charge on any atom is -0.354 e. The van der Waals surface area contributed by atoms with Crippen LogP contribution in [0.3, 0.4) is 0 Å². The van der Waals surface area contributed by atoms with Gasteiger partial charge in [-0.2, -0.15) is 0 Å². The van der Waals surface area contributed by atoms with Crippen LogP contribution in [0.5, 0.6) is 0 Å². The zero-order chi connectivity index (χ0) is 18.7. The maximum absolute atomic E-state index is 12.8. The summed E-state index contributed by atoms with van der Waals surface area (Å²) in [5, 5.41) is 2.84. The first-order chi connectivity index (χ1) is 12.5. The van der Waals surface area contributed by atoms with Gasteiger partial charge in [-0.25, -0.2) is 4.79 Å². The highest BCUT2D eigenvalue weighted by Gasteiger charge is 2.40. The largest absolute Gasteiger partial charge is 0.354 e. The molecule has 3 rings (SSSR count). The molecule has 1 saturated heterocycles. The van der Waals surface area contributed by atoms with Crippen molar-refractivity contribution in [3.05, 3.63) is 35.4 Å². The molecule has 6 nitrogen and oxygen atoms in total. The van der Waals surface area contributed by atoms with Gasteiger partial charge in [0, 0.05) is 38.0 Å². The van der Waals surface area contributed by atoms with E-state index in [4.69, 9.17) is 0 Å². The van der Waals surface area contributed by atoms with Gasteiger partial charge < -0.3 is 10.2 Å². The van der Waals surface area contributed by atoms with E-state index in [0.29, 0.717) is 19.5 Å². The highest BCUT2D eigenvalue weighted by atomic mass is 16.2. The van der Waals surface area contributed by atoms with E-state index in [1.165, 1.54) is 10.5 Å². The summed E-state index contributed by atoms with van der Waals surface area (Å²) in [5.74, 6) is -0.212. The summed E-state index contributed by atoms with van der Waals surface area (Å²) in [6, 6.07) is 7.78. The summed E-state index contributed by atoms with van der Waals surface area (Å²) in [5.41, 5.74) is 2.37. The van der Waals surface area contributed by atoms with Crippen molar-refractivity contribution in [2.75, 3.05) is 13.1 Å². The normalized spacial score (nSPS) is 20.5. The smallest absolute Gasteiger partial charge is 0.327 e. The van der Waals surface area contributed by atoms with Crippen LogP contribution in [-0.4, -0.2) is 46.8 Å². The van der Waals surface area contributed by atoms with Crippen molar-refractivity contribution in [2.45, 2.75) is 52.1 Å². The lowest BCUT2D eigenvalue weighted by Crippen LogP contribution is -2.59. The van der Waals surface area contributed by atoms with E-state index in [0.717, 1.165) is 24.8 Å². The topological polar surface area (TPSA) is 69.7 Å². The SMILES string of the molecule is CCCC(C)C(=O)NCCN1C(=O)C[C@@H]2Cc3ccccc3CN2C1=O. The molecule has 140 valence electrons. The van der Waals surface area contributed by atoms with Crippen molar-refractivity contribution in [2.24, 2.45) is 5.92 Å². The maximum atomic E-state index is 12.8. The number of fused-ring (bicyclic) bond motifs is 2. The Balaban J connectivity index is 1.60. The second-order valence-corrected chi connectivity index (χ2v) is 7.27. The van der Waals surface area contributed by atoms with Gasteiger partial charge in [0.1, 0.15) is 0 Å². The van der Waals surface area contributed by atoms with Crippen molar-refractivity contribution in [1.82, 2.24) is 15.1 Å². The van der Waals surface area contributed by atoms with Crippen molar-refractivity contribution in [3.63, 3.8) is 0 Å². The summed E-state index contributed by atoms with van der Waals surface area (Å²) >= 11 is 0. The van der Waals surface area contributed by atoms with Crippen LogP contribution < -0.4 is 5.32 Å². The van der Waals surface area contributed by atoms with Crippen LogP contribution in [-0.2, 0) is 22.6 Å². The molecule has 0 spiro atoms. The Hall–Kier alpha value is -2.37. The first kappa shape index (κ1) is 18.4. The fraction of sp³-hybridized carbons (Fsp3) is 0.550. The number of carbonyl (C=O) groups excluding carboxylic acids is 3. The lowest BCUT2D eigenvalue weighted by molar-refractivity contribution is -0.133. The molecule has 0 radical (unpaired) electrons. The van der Waals surface area contributed by atoms with Crippen molar-refractivity contribution >= 4 is 17.8 Å². The quantitative estimate of drug-likeness (QED) is 0.849. The van der Waals surface area contributed by atoms with Gasteiger partial charge in [0.15, 0.2) is 0 Å². The predicted molar refractivity (Wildman–Crippen MR) is 98.3 cm³/mol. The summed E-state index contributed by atoms with van der Waals surface area (Å²) in [7, 11) is 0. The summed E-state index contributed by atoms with van der Waals surface area (Å²) in [4.78, 5) is 40.3. The molecule has 6 heteroatoms. The minimum atomic E-state index is -0.239. The molecule has 1 aromatic carbocycles. The molecule has 2 atom stereocenters. The highest BCUT2D eigenvalue weighted by molar-refractivity contribution is 5.97. The molecule has 2 aliphatic rings. The maximum Gasteiger partial charge on any atom is 0.327 e. The van der Waals surface area contributed by atoms with Crippen molar-refractivity contribution < 1.29 is 14.4 Å². The zero-order valence-electron chi connectivity index (χ0n) is 15.5. The molecule has 0 aromatic heterocycles. The number of hydrogen-bond donors (Lipinski definition) is 1. The second kappa shape index (κ2) is 7.89. The first-order valence-electron chi connectivity index (χ1n) is 9.46. The fourth-order valence-corrected chi connectivity index (χ4v) is 3.82. The standard InChI is InChI=1S/C20H27N3O3/c1-3-6-14(2)19(25)21-9-10-22-18(24)12-17-11-15-7-4-5-8-16(15)13-23(17)20(22)26/h4-5,7-8,14,17H,3,6,9-13H2,1-2H3,(H,21,25)/t14?,17-/m0/s1. The van der Waals surface area contributed by atoms with Gasteiger partial charge in [0.25, 0.3) is 0 Å². The van der Waals surface area contributed by atoms with Crippen LogP contribution in [0.4, 0.5) is 4.79 Å². The number of nitrogens with zero attached hydrogens (tertiary/aromatic N) is 2. The van der Waals surface area contributed by atoms with Gasteiger partial charge in [-0.15, -0.1) is 0 Å². The molecule has 0 aliphatic carbocycles. The molecule has 0 bridgehead atoms. The van der Waals surface area contributed by atoms with E-state index in [1.807, 2.05) is 32.0 Å². The summed E-state index contributed by atoms with van der Waals surface area (Å²) in [6.07, 6.45) is 2.87. The third-order valence-corrected chi connectivity index (χ3v) is 5.35. The van der Waals surface area contributed by atoms with Gasteiger partial charge in [-0.05, 0) is 24.0 Å². The Morgan fingerprint density at radius 3 is 2.69 bits per heavy atom. The molecule has 1 N–H and O–H groups in total. The zero-order valence-corrected chi connectivity index (χ0v) is 15.5. The molecule has 2 aliphatic heterocycles. The number of imide groups is 1. The second-order valence-electron chi connectivity index (χ2n) is 7.27. The van der Waals surface area contributed by atoms with Crippen molar-refractivity contribution in [3.8, 4) is 0 Å². The first-order valence-corrected chi connectivity index (χ1v) is 9.46. The number of rotatable bonds is 6. The third-order valence-electron chi connectivity index (χ3n) is 5.35. The summed E-state index contributed by atoms with van der Waals surface area (Å²) < 4.78 is 0. The van der Waals surface area contributed by atoms with Crippen LogP contribution in [0.1, 0.15) is 44.2 Å². The number of amides is 4. The fourth-order valence-electron chi connectivity index (χ4n) is 3.82.